The van der Waals surface area contributed by atoms with Crippen LogP contribution in [-0.4, -0.2) is 22.9 Å². The first kappa shape index (κ1) is 15.2. The molecule has 0 saturated heterocycles. The van der Waals surface area contributed by atoms with Crippen molar-refractivity contribution in [2.24, 2.45) is 35.0 Å². The van der Waals surface area contributed by atoms with Crippen molar-refractivity contribution in [3.05, 3.63) is 11.1 Å². The van der Waals surface area contributed by atoms with Gasteiger partial charge in [0.25, 0.3) is 0 Å². The van der Waals surface area contributed by atoms with Crippen molar-refractivity contribution in [3.8, 4) is 0 Å². The number of aliphatic hydroxyl groups is 2. The van der Waals surface area contributed by atoms with Crippen molar-refractivity contribution in [2.75, 3.05) is 6.61 Å². The van der Waals surface area contributed by atoms with Gasteiger partial charge in [0.1, 0.15) is 0 Å². The summed E-state index contributed by atoms with van der Waals surface area (Å²) in [6.45, 7) is 5.24. The quantitative estimate of drug-likeness (QED) is 0.721. The van der Waals surface area contributed by atoms with Crippen molar-refractivity contribution in [3.63, 3.8) is 0 Å². The Morgan fingerprint density at radius 2 is 1.95 bits per heavy atom. The molecule has 0 aromatic rings. The van der Waals surface area contributed by atoms with Crippen molar-refractivity contribution >= 4 is 0 Å². The van der Waals surface area contributed by atoms with E-state index in [0.29, 0.717) is 23.9 Å². The molecule has 2 heteroatoms. The summed E-state index contributed by atoms with van der Waals surface area (Å²) in [5.74, 6) is 3.47. The summed E-state index contributed by atoms with van der Waals surface area (Å²) >= 11 is 0. The molecule has 4 aliphatic carbocycles. The van der Waals surface area contributed by atoms with Crippen LogP contribution in [0.15, 0.2) is 11.1 Å². The zero-order valence-corrected chi connectivity index (χ0v) is 14.2. The fourth-order valence-electron chi connectivity index (χ4n) is 6.80. The Morgan fingerprint density at radius 1 is 1.14 bits per heavy atom. The van der Waals surface area contributed by atoms with Gasteiger partial charge in [-0.15, -0.1) is 0 Å². The molecule has 0 radical (unpaired) electrons. The molecule has 22 heavy (non-hydrogen) atoms. The Morgan fingerprint density at radius 3 is 2.73 bits per heavy atom. The molecule has 0 unspecified atom stereocenters. The third-order valence-electron chi connectivity index (χ3n) is 8.22. The van der Waals surface area contributed by atoms with E-state index in [1.54, 1.807) is 11.1 Å². The van der Waals surface area contributed by atoms with E-state index < -0.39 is 0 Å². The van der Waals surface area contributed by atoms with Crippen molar-refractivity contribution in [1.82, 2.24) is 0 Å². The lowest BCUT2D eigenvalue weighted by molar-refractivity contribution is -0.0694. The number of allylic oxidation sites excluding steroid dienone is 2. The standard InChI is InChI=1S/C20H32O2/c1-12-13(11-21)9-18-16(12)5-6-19-17(18)4-3-14-10-15(22)7-8-20(14,19)2/h12-15,17,19,21-22H,3-11H2,1-2H3/t12-,13-,14-,15-,17-,19-,20-/m0/s1. The van der Waals surface area contributed by atoms with E-state index in [4.69, 9.17) is 0 Å². The average molecular weight is 304 g/mol. The highest BCUT2D eigenvalue weighted by atomic mass is 16.3. The molecular formula is C20H32O2. The van der Waals surface area contributed by atoms with Gasteiger partial charge in [-0.1, -0.05) is 25.0 Å². The van der Waals surface area contributed by atoms with Crippen molar-refractivity contribution < 1.29 is 10.2 Å². The fourth-order valence-corrected chi connectivity index (χ4v) is 6.80. The summed E-state index contributed by atoms with van der Waals surface area (Å²) in [4.78, 5) is 0. The molecule has 0 aliphatic heterocycles. The number of hydrogen-bond acceptors (Lipinski definition) is 2. The Balaban J connectivity index is 1.62. The predicted molar refractivity (Wildman–Crippen MR) is 88.3 cm³/mol. The van der Waals surface area contributed by atoms with Crippen LogP contribution in [-0.2, 0) is 0 Å². The van der Waals surface area contributed by atoms with E-state index in [1.165, 1.54) is 32.1 Å². The molecule has 0 bridgehead atoms. The van der Waals surface area contributed by atoms with E-state index in [0.717, 1.165) is 37.0 Å². The normalized spacial score (nSPS) is 51.3. The molecule has 124 valence electrons. The van der Waals surface area contributed by atoms with Gasteiger partial charge in [0, 0.05) is 6.61 Å². The first-order valence-electron chi connectivity index (χ1n) is 9.55. The Labute approximate surface area is 135 Å². The second-order valence-electron chi connectivity index (χ2n) is 8.95. The molecule has 4 rings (SSSR count). The highest BCUT2D eigenvalue weighted by Crippen LogP contribution is 2.62. The van der Waals surface area contributed by atoms with Gasteiger partial charge in [-0.2, -0.15) is 0 Å². The number of aliphatic hydroxyl groups excluding tert-OH is 2. The van der Waals surface area contributed by atoms with E-state index in [1.807, 2.05) is 0 Å². The van der Waals surface area contributed by atoms with Crippen LogP contribution in [0.3, 0.4) is 0 Å². The molecule has 0 aromatic heterocycles. The van der Waals surface area contributed by atoms with Gasteiger partial charge in [-0.05, 0) is 86.4 Å². The maximum Gasteiger partial charge on any atom is 0.0543 e. The SMILES string of the molecule is C[C@@H]1C2=C(C[C@H]1CO)[C@@H]1CC[C@H]3C[C@@H](O)CC[C@]3(C)[C@H]1CC2. The largest absolute Gasteiger partial charge is 0.396 e. The number of fused-ring (bicyclic) bond motifs is 4. The predicted octanol–water partition coefficient (Wildman–Crippen LogP) is 3.92. The minimum absolute atomic E-state index is 0.0433. The first-order valence-corrected chi connectivity index (χ1v) is 9.55. The minimum Gasteiger partial charge on any atom is -0.396 e. The Hall–Kier alpha value is -0.340. The lowest BCUT2D eigenvalue weighted by Crippen LogP contribution is -2.49. The molecule has 2 saturated carbocycles. The van der Waals surface area contributed by atoms with Crippen LogP contribution in [0, 0.1) is 35.0 Å². The van der Waals surface area contributed by atoms with Gasteiger partial charge in [0.05, 0.1) is 6.10 Å². The van der Waals surface area contributed by atoms with Crippen LogP contribution in [0.1, 0.15) is 65.2 Å². The lowest BCUT2D eigenvalue weighted by Gasteiger charge is -2.56. The average Bonchev–Trinajstić information content (AvgIpc) is 2.85. The monoisotopic (exact) mass is 304 g/mol. The third-order valence-corrected chi connectivity index (χ3v) is 8.22. The van der Waals surface area contributed by atoms with Crippen LogP contribution in [0.4, 0.5) is 0 Å². The zero-order chi connectivity index (χ0) is 15.5. The maximum atomic E-state index is 10.1. The topological polar surface area (TPSA) is 40.5 Å². The second-order valence-corrected chi connectivity index (χ2v) is 8.95. The summed E-state index contributed by atoms with van der Waals surface area (Å²) < 4.78 is 0. The van der Waals surface area contributed by atoms with Gasteiger partial charge in [0.15, 0.2) is 0 Å². The Kier molecular flexibility index (Phi) is 3.69. The minimum atomic E-state index is -0.0433. The molecule has 2 N–H and O–H groups in total. The van der Waals surface area contributed by atoms with Crippen molar-refractivity contribution in [2.45, 2.75) is 71.3 Å². The molecule has 0 aromatic carbocycles. The number of rotatable bonds is 1. The van der Waals surface area contributed by atoms with E-state index in [-0.39, 0.29) is 6.10 Å². The molecule has 0 amide bonds. The van der Waals surface area contributed by atoms with E-state index in [9.17, 15) is 10.2 Å². The lowest BCUT2D eigenvalue weighted by atomic mass is 9.49. The number of hydrogen-bond donors (Lipinski definition) is 2. The Bertz CT molecular complexity index is 482. The fraction of sp³-hybridized carbons (Fsp3) is 0.900. The summed E-state index contributed by atoms with van der Waals surface area (Å²) in [5, 5.41) is 19.8. The summed E-state index contributed by atoms with van der Waals surface area (Å²) in [5.41, 5.74) is 3.94. The highest BCUT2D eigenvalue weighted by molar-refractivity contribution is 5.31. The molecule has 2 nitrogen and oxygen atoms in total. The maximum absolute atomic E-state index is 10.1. The van der Waals surface area contributed by atoms with E-state index in [2.05, 4.69) is 13.8 Å². The van der Waals surface area contributed by atoms with Crippen molar-refractivity contribution in [1.29, 1.82) is 0 Å². The third kappa shape index (κ3) is 2.06. The van der Waals surface area contributed by atoms with Crippen LogP contribution in [0.2, 0.25) is 0 Å². The van der Waals surface area contributed by atoms with E-state index >= 15 is 0 Å². The molecule has 7 atom stereocenters. The molecule has 0 spiro atoms. The van der Waals surface area contributed by atoms with Gasteiger partial charge in [0.2, 0.25) is 0 Å². The second kappa shape index (κ2) is 5.34. The van der Waals surface area contributed by atoms with Crippen LogP contribution < -0.4 is 0 Å². The van der Waals surface area contributed by atoms with Gasteiger partial charge in [-0.25, -0.2) is 0 Å². The smallest absolute Gasteiger partial charge is 0.0543 e. The molecule has 2 fully saturated rings. The molecule has 0 heterocycles. The zero-order valence-electron chi connectivity index (χ0n) is 14.2. The summed E-state index contributed by atoms with van der Waals surface area (Å²) in [6, 6.07) is 0. The highest BCUT2D eigenvalue weighted by Gasteiger charge is 2.53. The van der Waals surface area contributed by atoms with Crippen LogP contribution in [0.5, 0.6) is 0 Å². The van der Waals surface area contributed by atoms with Gasteiger partial charge in [-0.3, -0.25) is 0 Å². The first-order chi connectivity index (χ1) is 10.5. The summed E-state index contributed by atoms with van der Waals surface area (Å²) in [7, 11) is 0. The summed E-state index contributed by atoms with van der Waals surface area (Å²) in [6.07, 6.45) is 9.68. The van der Waals surface area contributed by atoms with Crippen LogP contribution in [0.25, 0.3) is 0 Å². The molecular weight excluding hydrogens is 272 g/mol. The van der Waals surface area contributed by atoms with Crippen LogP contribution >= 0.6 is 0 Å². The van der Waals surface area contributed by atoms with Gasteiger partial charge < -0.3 is 10.2 Å². The van der Waals surface area contributed by atoms with Gasteiger partial charge >= 0.3 is 0 Å². The molecule has 4 aliphatic rings.